The molecule has 0 saturated carbocycles. The molecule has 1 amide bonds. The van der Waals surface area contributed by atoms with Crippen molar-refractivity contribution in [3.8, 4) is 11.1 Å². The van der Waals surface area contributed by atoms with Gasteiger partial charge in [0.15, 0.2) is 0 Å². The minimum absolute atomic E-state index is 0.230. The second kappa shape index (κ2) is 12.1. The Labute approximate surface area is 238 Å². The first-order valence-electron chi connectivity index (χ1n) is 13.3. The van der Waals surface area contributed by atoms with Gasteiger partial charge in [-0.15, -0.1) is 0 Å². The van der Waals surface area contributed by atoms with E-state index in [2.05, 4.69) is 37.8 Å². The first-order valence-corrected chi connectivity index (χ1v) is 14.1. The maximum atomic E-state index is 14.5. The summed E-state index contributed by atoms with van der Waals surface area (Å²) >= 11 is 1.61. The fraction of sp³-hybridized carbons (Fsp3) is 0.258. The van der Waals surface area contributed by atoms with Gasteiger partial charge in [-0.25, -0.2) is 9.37 Å². The van der Waals surface area contributed by atoms with Gasteiger partial charge in [0.1, 0.15) is 11.6 Å². The molecule has 4 bridgehead atoms. The second-order valence-electron chi connectivity index (χ2n) is 10.4. The maximum Gasteiger partial charge on any atom is 0.230 e. The number of fused-ring (bicyclic) bond motifs is 4. The molecule has 0 unspecified atom stereocenters. The van der Waals surface area contributed by atoms with Gasteiger partial charge in [-0.3, -0.25) is 9.52 Å². The Hall–Kier alpha value is -3.95. The number of halogens is 1. The fourth-order valence-electron chi connectivity index (χ4n) is 4.50. The highest BCUT2D eigenvalue weighted by Crippen LogP contribution is 2.30. The molecule has 0 radical (unpaired) electrons. The van der Waals surface area contributed by atoms with Crippen molar-refractivity contribution in [3.63, 3.8) is 0 Å². The molecular formula is C31H33FN6OS. The summed E-state index contributed by atoms with van der Waals surface area (Å²) in [6, 6.07) is 20.9. The van der Waals surface area contributed by atoms with E-state index in [1.807, 2.05) is 49.5 Å². The first kappa shape index (κ1) is 27.6. The van der Waals surface area contributed by atoms with Gasteiger partial charge in [0.2, 0.25) is 11.9 Å². The topological polar surface area (TPSA) is 91.0 Å². The van der Waals surface area contributed by atoms with Crippen LogP contribution >= 0.6 is 11.9 Å². The number of benzene rings is 3. The third kappa shape index (κ3) is 6.43. The number of carbonyl (C=O) groups is 1. The van der Waals surface area contributed by atoms with Crippen LogP contribution in [0.1, 0.15) is 37.0 Å². The predicted octanol–water partition coefficient (Wildman–Crippen LogP) is 6.34. The number of nitrogens with one attached hydrogen (secondary N) is 4. The van der Waals surface area contributed by atoms with Gasteiger partial charge < -0.3 is 16.0 Å². The highest BCUT2D eigenvalue weighted by atomic mass is 32.2. The molecule has 2 heterocycles. The van der Waals surface area contributed by atoms with E-state index in [4.69, 9.17) is 4.98 Å². The zero-order chi connectivity index (χ0) is 28.1. The van der Waals surface area contributed by atoms with E-state index in [9.17, 15) is 9.18 Å². The van der Waals surface area contributed by atoms with Crippen molar-refractivity contribution in [2.75, 3.05) is 23.7 Å². The molecule has 0 spiro atoms. The molecule has 0 fully saturated rings. The Kier molecular flexibility index (Phi) is 8.32. The smallest absolute Gasteiger partial charge is 0.230 e. The van der Waals surface area contributed by atoms with Crippen LogP contribution < -0.4 is 20.7 Å². The largest absolute Gasteiger partial charge is 0.369 e. The van der Waals surface area contributed by atoms with Gasteiger partial charge in [0.25, 0.3) is 0 Å². The lowest BCUT2D eigenvalue weighted by molar-refractivity contribution is -0.125. The summed E-state index contributed by atoms with van der Waals surface area (Å²) in [5.41, 5.74) is 4.02. The van der Waals surface area contributed by atoms with Crippen LogP contribution in [-0.4, -0.2) is 29.0 Å². The average molecular weight is 557 g/mol. The number of rotatable bonds is 5. The molecule has 0 aliphatic carbocycles. The summed E-state index contributed by atoms with van der Waals surface area (Å²) in [4.78, 5) is 23.5. The highest BCUT2D eigenvalue weighted by molar-refractivity contribution is 7.97. The molecule has 206 valence electrons. The molecule has 40 heavy (non-hydrogen) atoms. The zero-order valence-corrected chi connectivity index (χ0v) is 23.7. The summed E-state index contributed by atoms with van der Waals surface area (Å²) in [6.45, 7) is 7.33. The molecule has 1 aromatic heterocycles. The molecule has 0 atom stereocenters. The SMILES string of the molecule is Cc1ccc(F)c(C(C)(C)C(=O)NCc2ccc(-c3cnc4nc3NCCCNSc3cccc(c3)N4)cc2)c1. The normalized spacial score (nSPS) is 13.6. The van der Waals surface area contributed by atoms with E-state index in [-0.39, 0.29) is 11.7 Å². The first-order chi connectivity index (χ1) is 19.3. The fourth-order valence-corrected chi connectivity index (χ4v) is 5.25. The Morgan fingerprint density at radius 3 is 2.73 bits per heavy atom. The van der Waals surface area contributed by atoms with Gasteiger partial charge in [-0.1, -0.05) is 48.0 Å². The Balaban J connectivity index is 1.30. The van der Waals surface area contributed by atoms with Gasteiger partial charge in [0.05, 0.1) is 5.41 Å². The molecule has 7 nitrogen and oxygen atoms in total. The van der Waals surface area contributed by atoms with Crippen molar-refractivity contribution in [2.24, 2.45) is 0 Å². The van der Waals surface area contributed by atoms with Crippen LogP contribution in [0, 0.1) is 12.7 Å². The van der Waals surface area contributed by atoms with Crippen LogP contribution in [-0.2, 0) is 16.8 Å². The van der Waals surface area contributed by atoms with E-state index in [0.29, 0.717) is 18.1 Å². The Morgan fingerprint density at radius 1 is 1.07 bits per heavy atom. The van der Waals surface area contributed by atoms with Gasteiger partial charge >= 0.3 is 0 Å². The van der Waals surface area contributed by atoms with Crippen molar-refractivity contribution in [1.29, 1.82) is 0 Å². The van der Waals surface area contributed by atoms with Crippen LogP contribution in [0.5, 0.6) is 0 Å². The Bertz CT molecular complexity index is 1510. The minimum atomic E-state index is -1.00. The number of aromatic nitrogens is 2. The average Bonchev–Trinajstić information content (AvgIpc) is 2.96. The summed E-state index contributed by atoms with van der Waals surface area (Å²) in [5.74, 6) is 0.668. The molecule has 3 aromatic carbocycles. The number of carbonyl (C=O) groups excluding carboxylic acids is 1. The standard InChI is InChI=1S/C31H33FN6OS/c1-20-8-13-27(32)26(16-20)31(2,3)29(39)34-18-21-9-11-22(12-10-21)25-19-35-30-37-23-6-4-7-24(17-23)40-36-15-5-14-33-28(25)38-30/h4,6-13,16-17,19,36H,5,14-15,18H2,1-3H3,(H,34,39)(H2,33,35,37,38). The van der Waals surface area contributed by atoms with Crippen molar-refractivity contribution < 1.29 is 9.18 Å². The van der Waals surface area contributed by atoms with Crippen molar-refractivity contribution >= 4 is 35.3 Å². The number of aryl methyl sites for hydroxylation is 1. The van der Waals surface area contributed by atoms with Crippen LogP contribution in [0.15, 0.2) is 77.8 Å². The van der Waals surface area contributed by atoms with Gasteiger partial charge in [-0.05, 0) is 74.5 Å². The monoisotopic (exact) mass is 556 g/mol. The molecule has 5 rings (SSSR count). The van der Waals surface area contributed by atoms with Gasteiger partial charge in [-0.2, -0.15) is 4.98 Å². The summed E-state index contributed by atoms with van der Waals surface area (Å²) in [7, 11) is 0. The van der Waals surface area contributed by atoms with Crippen LogP contribution in [0.3, 0.4) is 0 Å². The summed E-state index contributed by atoms with van der Waals surface area (Å²) < 4.78 is 17.9. The number of hydrogen-bond donors (Lipinski definition) is 4. The van der Waals surface area contributed by atoms with E-state index < -0.39 is 5.41 Å². The summed E-state index contributed by atoms with van der Waals surface area (Å²) in [5, 5.41) is 9.74. The van der Waals surface area contributed by atoms with Crippen LogP contribution in [0.4, 0.5) is 21.8 Å². The van der Waals surface area contributed by atoms with Crippen molar-refractivity contribution in [2.45, 2.75) is 44.0 Å². The number of amides is 1. The summed E-state index contributed by atoms with van der Waals surface area (Å²) in [6.07, 6.45) is 2.75. The number of hydrogen-bond acceptors (Lipinski definition) is 7. The minimum Gasteiger partial charge on any atom is -0.369 e. The van der Waals surface area contributed by atoms with E-state index >= 15 is 0 Å². The van der Waals surface area contributed by atoms with Crippen molar-refractivity contribution in [3.05, 3.63) is 95.4 Å². The zero-order valence-electron chi connectivity index (χ0n) is 22.8. The van der Waals surface area contributed by atoms with Gasteiger partial charge in [0, 0.05) is 47.5 Å². The molecule has 1 aliphatic rings. The van der Waals surface area contributed by atoms with Crippen molar-refractivity contribution in [1.82, 2.24) is 20.0 Å². The highest BCUT2D eigenvalue weighted by Gasteiger charge is 2.32. The number of nitrogens with zero attached hydrogens (tertiary/aromatic N) is 2. The molecule has 1 aliphatic heterocycles. The molecule has 4 N–H and O–H groups in total. The molecular weight excluding hydrogens is 523 g/mol. The lowest BCUT2D eigenvalue weighted by atomic mass is 9.82. The van der Waals surface area contributed by atoms with Crippen LogP contribution in [0.25, 0.3) is 11.1 Å². The molecule has 0 saturated heterocycles. The van der Waals surface area contributed by atoms with E-state index in [1.165, 1.54) is 6.07 Å². The maximum absolute atomic E-state index is 14.5. The second-order valence-corrected chi connectivity index (χ2v) is 11.3. The number of anilines is 3. The quantitative estimate of drug-likeness (QED) is 0.213. The third-order valence-electron chi connectivity index (χ3n) is 6.90. The van der Waals surface area contributed by atoms with Crippen LogP contribution in [0.2, 0.25) is 0 Å². The van der Waals surface area contributed by atoms with E-state index in [1.54, 1.807) is 37.9 Å². The lowest BCUT2D eigenvalue weighted by Crippen LogP contribution is -2.40. The lowest BCUT2D eigenvalue weighted by Gasteiger charge is -2.25. The third-order valence-corrected chi connectivity index (χ3v) is 7.74. The predicted molar refractivity (Wildman–Crippen MR) is 160 cm³/mol. The van der Waals surface area contributed by atoms with E-state index in [0.717, 1.165) is 58.2 Å². The molecule has 9 heteroatoms. The molecule has 4 aromatic rings. The Morgan fingerprint density at radius 2 is 1.90 bits per heavy atom.